The lowest BCUT2D eigenvalue weighted by molar-refractivity contribution is 0.461. The van der Waals surface area contributed by atoms with Crippen molar-refractivity contribution in [2.75, 3.05) is 0 Å². The summed E-state index contributed by atoms with van der Waals surface area (Å²) in [7, 11) is 0. The monoisotopic (exact) mass is 97.0 g/mol. The molecule has 0 unspecified atom stereocenters. The third-order valence-electron chi connectivity index (χ3n) is 0.653. The van der Waals surface area contributed by atoms with Gasteiger partial charge in [-0.05, 0) is 0 Å². The predicted octanol–water partition coefficient (Wildman–Crippen LogP) is -1.21. The van der Waals surface area contributed by atoms with Gasteiger partial charge in [-0.2, -0.15) is 0 Å². The fourth-order valence-electron chi connectivity index (χ4n) is 0.266. The van der Waals surface area contributed by atoms with Crippen LogP contribution in [0.3, 0.4) is 0 Å². The number of rotatable bonds is 0. The molecule has 0 fully saturated rings. The van der Waals surface area contributed by atoms with Crippen molar-refractivity contribution in [1.82, 2.24) is 0 Å². The summed E-state index contributed by atoms with van der Waals surface area (Å²) in [6, 6.07) is 1.84. The predicted molar refractivity (Wildman–Crippen MR) is 21.9 cm³/mol. The summed E-state index contributed by atoms with van der Waals surface area (Å²) in [5, 5.41) is 8.12. The molecule has 0 bridgehead atoms. The Hall–Kier alpha value is -1.12. The van der Waals surface area contributed by atoms with E-state index in [9.17, 15) is 9.59 Å². The van der Waals surface area contributed by atoms with E-state index in [1.807, 2.05) is 6.07 Å². The average molecular weight is 97.0 g/mol. The Morgan fingerprint density at radius 2 is 2.00 bits per heavy atom. The molecule has 0 saturated carbocycles. The molecule has 0 saturated heterocycles. The van der Waals surface area contributed by atoms with Crippen molar-refractivity contribution in [1.29, 1.82) is 0 Å². The molecular weight excluding hydrogens is 96.0 g/mol. The van der Waals surface area contributed by atoms with Crippen molar-refractivity contribution in [2.24, 2.45) is 0 Å². The van der Waals surface area contributed by atoms with Gasteiger partial charge in [0.25, 0.3) is 5.43 Å². The third kappa shape index (κ3) is 0.342. The van der Waals surface area contributed by atoms with E-state index >= 15 is 0 Å². The first-order chi connectivity index (χ1) is 3.22. The van der Waals surface area contributed by atoms with E-state index in [2.05, 4.69) is 0 Å². The van der Waals surface area contributed by atoms with Gasteiger partial charge in [0, 0.05) is 0 Å². The van der Waals surface area contributed by atoms with E-state index in [1.54, 1.807) is 0 Å². The van der Waals surface area contributed by atoms with Crippen LogP contribution in [0, 0.1) is 6.07 Å². The van der Waals surface area contributed by atoms with Crippen LogP contribution in [-0.4, -0.2) is 5.11 Å². The van der Waals surface area contributed by atoms with Crippen LogP contribution in [0.1, 0.15) is 0 Å². The van der Waals surface area contributed by atoms with Gasteiger partial charge in [0.1, 0.15) is 0 Å². The van der Waals surface area contributed by atoms with Gasteiger partial charge in [-0.1, -0.05) is 0 Å². The zero-order valence-electron chi connectivity index (χ0n) is 3.26. The van der Waals surface area contributed by atoms with Crippen LogP contribution >= 0.6 is 0 Å². The van der Waals surface area contributed by atoms with E-state index in [-0.39, 0.29) is 0 Å². The molecule has 0 aliphatic heterocycles. The molecular formula is C4HO3. The third-order valence-corrected chi connectivity index (χ3v) is 0.653. The van der Waals surface area contributed by atoms with Gasteiger partial charge < -0.3 is 5.11 Å². The molecule has 0 aliphatic rings. The number of hydrogen-bond donors (Lipinski definition) is 1. The Bertz CT molecular complexity index is 241. The van der Waals surface area contributed by atoms with E-state index in [4.69, 9.17) is 5.11 Å². The number of aromatic hydroxyl groups is 1. The van der Waals surface area contributed by atoms with Crippen molar-refractivity contribution >= 4 is 0 Å². The lowest BCUT2D eigenvalue weighted by atomic mass is 10.3. The van der Waals surface area contributed by atoms with Crippen LogP contribution in [0.4, 0.5) is 0 Å². The van der Waals surface area contributed by atoms with Crippen molar-refractivity contribution in [3.05, 3.63) is 26.5 Å². The van der Waals surface area contributed by atoms with Gasteiger partial charge in [0.05, 0.1) is 6.07 Å². The second-order valence-corrected chi connectivity index (χ2v) is 1.13. The maximum absolute atomic E-state index is 9.86. The summed E-state index contributed by atoms with van der Waals surface area (Å²) in [6.45, 7) is 0. The summed E-state index contributed by atoms with van der Waals surface area (Å²) in [4.78, 5) is 19.7. The summed E-state index contributed by atoms with van der Waals surface area (Å²) < 4.78 is 0. The molecule has 35 valence electrons. The van der Waals surface area contributed by atoms with Crippen LogP contribution in [0.2, 0.25) is 0 Å². The highest BCUT2D eigenvalue weighted by atomic mass is 16.3. The highest BCUT2D eigenvalue weighted by Crippen LogP contribution is 1.89. The fraction of sp³-hybridized carbons (Fsp3) is 0. The second kappa shape index (κ2) is 0.932. The molecule has 7 heavy (non-hydrogen) atoms. The molecule has 1 aromatic rings. The molecule has 3 heteroatoms. The molecule has 0 aliphatic carbocycles. The van der Waals surface area contributed by atoms with E-state index in [1.165, 1.54) is 0 Å². The highest BCUT2D eigenvalue weighted by Gasteiger charge is 2.05. The topological polar surface area (TPSA) is 54.4 Å². The standard InChI is InChI=1S/C4HO3/c5-2-1-3(6)4(2)7/h5H. The fourth-order valence-corrected chi connectivity index (χ4v) is 0.266. The average Bonchev–Trinajstić information content (AvgIpc) is 1.68. The lowest BCUT2D eigenvalue weighted by Gasteiger charge is -1.82. The first-order valence-electron chi connectivity index (χ1n) is 1.63. The van der Waals surface area contributed by atoms with Gasteiger partial charge in [0.2, 0.25) is 5.43 Å². The quantitative estimate of drug-likeness (QED) is 0.413. The van der Waals surface area contributed by atoms with Crippen molar-refractivity contribution in [2.45, 2.75) is 0 Å². The maximum Gasteiger partial charge on any atom is 0.268 e. The molecule has 3 nitrogen and oxygen atoms in total. The largest absolute Gasteiger partial charge is 0.503 e. The zero-order valence-corrected chi connectivity index (χ0v) is 3.26. The van der Waals surface area contributed by atoms with Gasteiger partial charge in [-0.25, -0.2) is 0 Å². The van der Waals surface area contributed by atoms with Crippen LogP contribution in [0.5, 0.6) is 5.75 Å². The normalized spacial score (nSPS) is 9.71. The molecule has 0 amide bonds. The van der Waals surface area contributed by atoms with E-state index < -0.39 is 16.6 Å². The smallest absolute Gasteiger partial charge is 0.268 e. The molecule has 1 radical (unpaired) electrons. The second-order valence-electron chi connectivity index (χ2n) is 1.13. The van der Waals surface area contributed by atoms with Gasteiger partial charge in [-0.15, -0.1) is 0 Å². The Kier molecular flexibility index (Phi) is 0.539. The first-order valence-corrected chi connectivity index (χ1v) is 1.63. The van der Waals surface area contributed by atoms with Crippen molar-refractivity contribution < 1.29 is 5.11 Å². The van der Waals surface area contributed by atoms with Crippen molar-refractivity contribution in [3.63, 3.8) is 0 Å². The van der Waals surface area contributed by atoms with Gasteiger partial charge in [0.15, 0.2) is 5.75 Å². The maximum atomic E-state index is 9.86. The van der Waals surface area contributed by atoms with E-state index in [0.717, 1.165) is 0 Å². The lowest BCUT2D eigenvalue weighted by Crippen LogP contribution is -2.28. The Morgan fingerprint density at radius 3 is 2.00 bits per heavy atom. The van der Waals surface area contributed by atoms with Crippen LogP contribution in [0.15, 0.2) is 9.59 Å². The molecule has 0 aromatic heterocycles. The summed E-state index contributed by atoms with van der Waals surface area (Å²) in [6.07, 6.45) is 0. The SMILES string of the molecule is O=c1[c]c(O)c1=O. The summed E-state index contributed by atoms with van der Waals surface area (Å²) in [5.41, 5.74) is -1.57. The summed E-state index contributed by atoms with van der Waals surface area (Å²) >= 11 is 0. The molecule has 0 atom stereocenters. The van der Waals surface area contributed by atoms with Crippen LogP contribution in [0.25, 0.3) is 0 Å². The molecule has 1 aromatic carbocycles. The minimum Gasteiger partial charge on any atom is -0.503 e. The minimum absolute atomic E-state index is 0.551. The first kappa shape index (κ1) is 4.05. The Labute approximate surface area is 38.5 Å². The number of hydrogen-bond acceptors (Lipinski definition) is 3. The van der Waals surface area contributed by atoms with E-state index in [0.29, 0.717) is 0 Å². The highest BCUT2D eigenvalue weighted by molar-refractivity contribution is 5.22. The molecule has 1 N–H and O–H groups in total. The molecule has 0 spiro atoms. The van der Waals surface area contributed by atoms with Crippen LogP contribution < -0.4 is 10.9 Å². The summed E-state index contributed by atoms with van der Waals surface area (Å²) in [5.74, 6) is -0.551. The van der Waals surface area contributed by atoms with Gasteiger partial charge in [-0.3, -0.25) is 9.59 Å². The Morgan fingerprint density at radius 1 is 1.43 bits per heavy atom. The Balaban J connectivity index is 3.44. The van der Waals surface area contributed by atoms with Crippen molar-refractivity contribution in [3.8, 4) is 5.75 Å². The van der Waals surface area contributed by atoms with Crippen LogP contribution in [-0.2, 0) is 0 Å². The van der Waals surface area contributed by atoms with Gasteiger partial charge >= 0.3 is 0 Å². The molecule has 0 heterocycles. The zero-order chi connectivity index (χ0) is 5.44. The molecule has 1 rings (SSSR count). The minimum atomic E-state index is -0.833.